The van der Waals surface area contributed by atoms with E-state index in [0.29, 0.717) is 30.0 Å². The minimum atomic E-state index is -2.82. The Morgan fingerprint density at radius 3 is 2.37 bits per heavy atom. The first-order valence-electron chi connectivity index (χ1n) is 7.23. The fourth-order valence-corrected chi connectivity index (χ4v) is 4.16. The highest BCUT2D eigenvalue weighted by Gasteiger charge is 2.32. The molecule has 0 radical (unpaired) electrons. The smallest absolute Gasteiger partial charge is 0.153 e. The summed E-state index contributed by atoms with van der Waals surface area (Å²) in [5.74, 6) is 1.11. The summed E-state index contributed by atoms with van der Waals surface area (Å²) >= 11 is 0. The van der Waals surface area contributed by atoms with Gasteiger partial charge in [-0.15, -0.1) is 0 Å². The van der Waals surface area contributed by atoms with E-state index >= 15 is 0 Å². The predicted molar refractivity (Wildman–Crippen MR) is 81.2 cm³/mol. The molecule has 1 aliphatic rings. The first-order valence-corrected chi connectivity index (χ1v) is 9.05. The molecule has 1 aliphatic heterocycles. The largest absolute Gasteiger partial charge is 0.312 e. The van der Waals surface area contributed by atoms with Crippen LogP contribution in [0, 0.1) is 5.92 Å². The third-order valence-corrected chi connectivity index (χ3v) is 5.82. The molecule has 0 aliphatic carbocycles. The van der Waals surface area contributed by atoms with Crippen LogP contribution in [0.25, 0.3) is 0 Å². The maximum Gasteiger partial charge on any atom is 0.153 e. The van der Waals surface area contributed by atoms with Crippen molar-refractivity contribution in [1.29, 1.82) is 0 Å². The van der Waals surface area contributed by atoms with Gasteiger partial charge in [-0.3, -0.25) is 4.90 Å². The summed E-state index contributed by atoms with van der Waals surface area (Å²) in [6.45, 7) is 14.6. The third kappa shape index (κ3) is 5.40. The van der Waals surface area contributed by atoms with Crippen molar-refractivity contribution < 1.29 is 8.42 Å². The van der Waals surface area contributed by atoms with Gasteiger partial charge in [0.15, 0.2) is 9.84 Å². The zero-order valence-corrected chi connectivity index (χ0v) is 14.0. The zero-order valence-electron chi connectivity index (χ0n) is 13.2. The number of rotatable bonds is 4. The molecular formula is C14H30N2O2S. The summed E-state index contributed by atoms with van der Waals surface area (Å²) in [7, 11) is -2.82. The molecule has 0 saturated carbocycles. The minimum absolute atomic E-state index is 0.130. The highest BCUT2D eigenvalue weighted by Crippen LogP contribution is 2.19. The number of nitrogens with one attached hydrogen (secondary N) is 1. The summed E-state index contributed by atoms with van der Waals surface area (Å²) in [5.41, 5.74) is 0.130. The van der Waals surface area contributed by atoms with E-state index in [1.54, 1.807) is 0 Å². The van der Waals surface area contributed by atoms with Crippen molar-refractivity contribution >= 4 is 9.84 Å². The van der Waals surface area contributed by atoms with E-state index < -0.39 is 9.84 Å². The normalized spacial score (nSPS) is 28.0. The van der Waals surface area contributed by atoms with E-state index in [0.717, 1.165) is 6.54 Å². The van der Waals surface area contributed by atoms with Crippen molar-refractivity contribution in [2.45, 2.75) is 59.2 Å². The lowest BCUT2D eigenvalue weighted by atomic mass is 9.98. The SMILES string of the molecule is CC(CNC(C)(C)C)C(C)N1CCS(=O)(=O)CC1C. The highest BCUT2D eigenvalue weighted by atomic mass is 32.2. The van der Waals surface area contributed by atoms with Crippen LogP contribution < -0.4 is 5.32 Å². The second kappa shape index (κ2) is 6.10. The van der Waals surface area contributed by atoms with Gasteiger partial charge in [0, 0.05) is 24.2 Å². The Hall–Kier alpha value is -0.130. The van der Waals surface area contributed by atoms with Crippen LogP contribution in [0.1, 0.15) is 41.5 Å². The Labute approximate surface area is 118 Å². The fourth-order valence-electron chi connectivity index (χ4n) is 2.58. The van der Waals surface area contributed by atoms with E-state index in [1.165, 1.54) is 0 Å². The molecule has 19 heavy (non-hydrogen) atoms. The summed E-state index contributed by atoms with van der Waals surface area (Å²) in [6, 6.07) is 0.534. The molecule has 0 spiro atoms. The van der Waals surface area contributed by atoms with Crippen LogP contribution in [0.5, 0.6) is 0 Å². The van der Waals surface area contributed by atoms with Gasteiger partial charge in [-0.1, -0.05) is 6.92 Å². The third-order valence-electron chi connectivity index (χ3n) is 4.02. The maximum absolute atomic E-state index is 11.6. The van der Waals surface area contributed by atoms with Crippen LogP contribution in [-0.2, 0) is 9.84 Å². The van der Waals surface area contributed by atoms with Gasteiger partial charge in [-0.05, 0) is 47.1 Å². The Morgan fingerprint density at radius 1 is 1.32 bits per heavy atom. The van der Waals surface area contributed by atoms with Crippen LogP contribution in [-0.4, -0.2) is 55.5 Å². The first kappa shape index (κ1) is 16.9. The fraction of sp³-hybridized carbons (Fsp3) is 1.00. The molecule has 0 aromatic carbocycles. The molecule has 0 aromatic heterocycles. The van der Waals surface area contributed by atoms with Gasteiger partial charge in [0.2, 0.25) is 0 Å². The van der Waals surface area contributed by atoms with E-state index in [2.05, 4.69) is 44.8 Å². The van der Waals surface area contributed by atoms with Crippen LogP contribution in [0.4, 0.5) is 0 Å². The first-order chi connectivity index (χ1) is 8.52. The van der Waals surface area contributed by atoms with Crippen molar-refractivity contribution in [2.75, 3.05) is 24.6 Å². The number of hydrogen-bond donors (Lipinski definition) is 1. The van der Waals surface area contributed by atoms with Gasteiger partial charge >= 0.3 is 0 Å². The molecule has 0 bridgehead atoms. The van der Waals surface area contributed by atoms with Crippen molar-refractivity contribution in [3.05, 3.63) is 0 Å². The topological polar surface area (TPSA) is 49.4 Å². The second-order valence-corrected chi connectivity index (χ2v) is 9.28. The van der Waals surface area contributed by atoms with Gasteiger partial charge in [-0.2, -0.15) is 0 Å². The van der Waals surface area contributed by atoms with Crippen LogP contribution >= 0.6 is 0 Å². The maximum atomic E-state index is 11.6. The van der Waals surface area contributed by atoms with E-state index in [4.69, 9.17) is 0 Å². The van der Waals surface area contributed by atoms with Crippen molar-refractivity contribution in [1.82, 2.24) is 10.2 Å². The summed E-state index contributed by atoms with van der Waals surface area (Å²) in [4.78, 5) is 2.34. The standard InChI is InChI=1S/C14H30N2O2S/c1-11(9-15-14(4,5)6)13(3)16-7-8-19(17,18)10-12(16)2/h11-13,15H,7-10H2,1-6H3. The molecule has 1 N–H and O–H groups in total. The monoisotopic (exact) mass is 290 g/mol. The lowest BCUT2D eigenvalue weighted by Gasteiger charge is -2.41. The van der Waals surface area contributed by atoms with E-state index in [1.807, 2.05) is 6.92 Å². The summed E-state index contributed by atoms with van der Waals surface area (Å²) < 4.78 is 23.2. The van der Waals surface area contributed by atoms with Crippen LogP contribution in [0.15, 0.2) is 0 Å². The average molecular weight is 290 g/mol. The quantitative estimate of drug-likeness (QED) is 0.853. The molecule has 3 unspecified atom stereocenters. The number of hydrogen-bond acceptors (Lipinski definition) is 4. The van der Waals surface area contributed by atoms with Crippen LogP contribution in [0.3, 0.4) is 0 Å². The molecule has 1 rings (SSSR count). The van der Waals surface area contributed by atoms with Crippen LogP contribution in [0.2, 0.25) is 0 Å². The van der Waals surface area contributed by atoms with Gasteiger partial charge in [0.1, 0.15) is 0 Å². The van der Waals surface area contributed by atoms with Crippen molar-refractivity contribution in [3.8, 4) is 0 Å². The molecule has 3 atom stereocenters. The molecule has 1 heterocycles. The molecule has 0 aromatic rings. The van der Waals surface area contributed by atoms with E-state index in [-0.39, 0.29) is 11.6 Å². The molecule has 114 valence electrons. The van der Waals surface area contributed by atoms with Gasteiger partial charge in [0.05, 0.1) is 11.5 Å². The molecular weight excluding hydrogens is 260 g/mol. The highest BCUT2D eigenvalue weighted by molar-refractivity contribution is 7.91. The Morgan fingerprint density at radius 2 is 1.89 bits per heavy atom. The van der Waals surface area contributed by atoms with Gasteiger partial charge in [0.25, 0.3) is 0 Å². The Balaban J connectivity index is 2.55. The second-order valence-electron chi connectivity index (χ2n) is 7.05. The van der Waals surface area contributed by atoms with E-state index in [9.17, 15) is 8.42 Å². The molecule has 1 fully saturated rings. The van der Waals surface area contributed by atoms with Crippen molar-refractivity contribution in [2.24, 2.45) is 5.92 Å². The molecule has 0 amide bonds. The average Bonchev–Trinajstić information content (AvgIpc) is 2.22. The Bertz CT molecular complexity index is 387. The molecule has 4 nitrogen and oxygen atoms in total. The zero-order chi connectivity index (χ0) is 14.8. The van der Waals surface area contributed by atoms with Gasteiger partial charge in [-0.25, -0.2) is 8.42 Å². The summed E-state index contributed by atoms with van der Waals surface area (Å²) in [5, 5.41) is 3.53. The summed E-state index contributed by atoms with van der Waals surface area (Å²) in [6.07, 6.45) is 0. The number of nitrogens with zero attached hydrogens (tertiary/aromatic N) is 1. The number of sulfone groups is 1. The van der Waals surface area contributed by atoms with Gasteiger partial charge < -0.3 is 5.32 Å². The Kier molecular flexibility index (Phi) is 5.43. The van der Waals surface area contributed by atoms with Crippen molar-refractivity contribution in [3.63, 3.8) is 0 Å². The lowest BCUT2D eigenvalue weighted by Crippen LogP contribution is -2.54. The predicted octanol–water partition coefficient (Wildman–Crippen LogP) is 1.52. The molecule has 5 heteroatoms. The molecule has 1 saturated heterocycles. The minimum Gasteiger partial charge on any atom is -0.312 e. The lowest BCUT2D eigenvalue weighted by molar-refractivity contribution is 0.124.